The maximum Gasteiger partial charge on any atom is 0.0241 e. The van der Waals surface area contributed by atoms with Crippen molar-refractivity contribution >= 4 is 0 Å². The van der Waals surface area contributed by atoms with Gasteiger partial charge in [0, 0.05) is 12.6 Å². The van der Waals surface area contributed by atoms with Crippen LogP contribution in [0.15, 0.2) is 0 Å². The van der Waals surface area contributed by atoms with Gasteiger partial charge in [0.2, 0.25) is 0 Å². The molecule has 1 fully saturated rings. The number of hydrazine groups is 1. The van der Waals surface area contributed by atoms with E-state index >= 15 is 0 Å². The van der Waals surface area contributed by atoms with Gasteiger partial charge in [0.1, 0.15) is 0 Å². The standard InChI is InChI=1S/C9H20N2/c1-2-8-11(10)9-6-4-3-5-7-9/h9H,2-8,10H2,1H3. The van der Waals surface area contributed by atoms with Gasteiger partial charge in [-0.3, -0.25) is 5.84 Å². The van der Waals surface area contributed by atoms with Crippen LogP contribution in [0.5, 0.6) is 0 Å². The van der Waals surface area contributed by atoms with Crippen molar-refractivity contribution in [1.82, 2.24) is 5.01 Å². The summed E-state index contributed by atoms with van der Waals surface area (Å²) in [6.45, 7) is 3.24. The molecule has 0 radical (unpaired) electrons. The third-order valence-electron chi connectivity index (χ3n) is 2.53. The first-order valence-corrected chi connectivity index (χ1v) is 4.86. The summed E-state index contributed by atoms with van der Waals surface area (Å²) in [5.41, 5.74) is 0. The largest absolute Gasteiger partial charge is 0.269 e. The zero-order valence-electron chi connectivity index (χ0n) is 7.55. The highest BCUT2D eigenvalue weighted by molar-refractivity contribution is 4.71. The quantitative estimate of drug-likeness (QED) is 0.499. The average molecular weight is 156 g/mol. The van der Waals surface area contributed by atoms with Crippen LogP contribution in [0.2, 0.25) is 0 Å². The lowest BCUT2D eigenvalue weighted by molar-refractivity contribution is 0.158. The molecule has 1 aliphatic carbocycles. The van der Waals surface area contributed by atoms with E-state index in [9.17, 15) is 0 Å². The van der Waals surface area contributed by atoms with E-state index in [0.29, 0.717) is 6.04 Å². The van der Waals surface area contributed by atoms with Gasteiger partial charge < -0.3 is 0 Å². The summed E-state index contributed by atoms with van der Waals surface area (Å²) < 4.78 is 0. The minimum Gasteiger partial charge on any atom is -0.269 e. The van der Waals surface area contributed by atoms with Gasteiger partial charge in [-0.05, 0) is 19.3 Å². The molecule has 0 aromatic heterocycles. The highest BCUT2D eigenvalue weighted by atomic mass is 15.4. The van der Waals surface area contributed by atoms with Crippen molar-refractivity contribution in [2.45, 2.75) is 51.5 Å². The summed E-state index contributed by atoms with van der Waals surface area (Å²) in [6.07, 6.45) is 7.97. The second-order valence-corrected chi connectivity index (χ2v) is 3.53. The van der Waals surface area contributed by atoms with Gasteiger partial charge in [-0.15, -0.1) is 0 Å². The van der Waals surface area contributed by atoms with E-state index in [1.54, 1.807) is 0 Å². The van der Waals surface area contributed by atoms with Crippen LogP contribution < -0.4 is 5.84 Å². The number of nitrogens with zero attached hydrogens (tertiary/aromatic N) is 1. The molecule has 1 rings (SSSR count). The van der Waals surface area contributed by atoms with Crippen LogP contribution >= 0.6 is 0 Å². The molecule has 11 heavy (non-hydrogen) atoms. The zero-order chi connectivity index (χ0) is 8.10. The molecule has 1 saturated carbocycles. The van der Waals surface area contributed by atoms with E-state index in [-0.39, 0.29) is 0 Å². The molecule has 2 N–H and O–H groups in total. The first-order valence-electron chi connectivity index (χ1n) is 4.86. The third kappa shape index (κ3) is 2.80. The first kappa shape index (κ1) is 9.01. The van der Waals surface area contributed by atoms with Gasteiger partial charge in [0.05, 0.1) is 0 Å². The predicted octanol–water partition coefficient (Wildman–Crippen LogP) is 1.90. The molecule has 0 spiro atoms. The van der Waals surface area contributed by atoms with Crippen molar-refractivity contribution in [3.63, 3.8) is 0 Å². The minimum atomic E-state index is 0.684. The maximum atomic E-state index is 5.89. The third-order valence-corrected chi connectivity index (χ3v) is 2.53. The number of rotatable bonds is 3. The fourth-order valence-corrected chi connectivity index (χ4v) is 1.85. The summed E-state index contributed by atoms with van der Waals surface area (Å²) in [4.78, 5) is 0. The Labute approximate surface area is 69.7 Å². The van der Waals surface area contributed by atoms with Crippen molar-refractivity contribution in [3.05, 3.63) is 0 Å². The Balaban J connectivity index is 2.21. The van der Waals surface area contributed by atoms with E-state index in [4.69, 9.17) is 5.84 Å². The van der Waals surface area contributed by atoms with Crippen LogP contribution in [-0.4, -0.2) is 17.6 Å². The molecule has 0 aliphatic heterocycles. The Kier molecular flexibility index (Phi) is 3.87. The first-order chi connectivity index (χ1) is 5.34. The average Bonchev–Trinajstić information content (AvgIpc) is 2.07. The molecule has 0 aromatic carbocycles. The van der Waals surface area contributed by atoms with Crippen molar-refractivity contribution in [2.75, 3.05) is 6.54 Å². The minimum absolute atomic E-state index is 0.684. The van der Waals surface area contributed by atoms with Crippen molar-refractivity contribution in [1.29, 1.82) is 0 Å². The Hall–Kier alpha value is -0.0800. The Morgan fingerprint density at radius 2 is 1.91 bits per heavy atom. The van der Waals surface area contributed by atoms with Crippen LogP contribution in [-0.2, 0) is 0 Å². The molecule has 0 amide bonds. The fraction of sp³-hybridized carbons (Fsp3) is 1.00. The molecule has 0 atom stereocenters. The smallest absolute Gasteiger partial charge is 0.0241 e. The molecular weight excluding hydrogens is 136 g/mol. The fourth-order valence-electron chi connectivity index (χ4n) is 1.85. The molecule has 2 heteroatoms. The lowest BCUT2D eigenvalue weighted by Gasteiger charge is -2.30. The summed E-state index contributed by atoms with van der Waals surface area (Å²) >= 11 is 0. The Morgan fingerprint density at radius 1 is 1.27 bits per heavy atom. The van der Waals surface area contributed by atoms with Crippen LogP contribution in [0, 0.1) is 0 Å². The molecule has 0 aromatic rings. The van der Waals surface area contributed by atoms with Crippen molar-refractivity contribution < 1.29 is 0 Å². The van der Waals surface area contributed by atoms with E-state index in [1.165, 1.54) is 38.5 Å². The second kappa shape index (κ2) is 4.73. The highest BCUT2D eigenvalue weighted by Gasteiger charge is 2.17. The molecule has 0 unspecified atom stereocenters. The SMILES string of the molecule is CCCN(N)C1CCCCC1. The van der Waals surface area contributed by atoms with Crippen molar-refractivity contribution in [2.24, 2.45) is 5.84 Å². The Morgan fingerprint density at radius 3 is 2.45 bits per heavy atom. The van der Waals surface area contributed by atoms with E-state index in [2.05, 4.69) is 6.92 Å². The molecule has 66 valence electrons. The molecule has 2 nitrogen and oxygen atoms in total. The van der Waals surface area contributed by atoms with Crippen LogP contribution in [0.4, 0.5) is 0 Å². The monoisotopic (exact) mass is 156 g/mol. The molecular formula is C9H20N2. The van der Waals surface area contributed by atoms with E-state index < -0.39 is 0 Å². The molecule has 1 aliphatic rings. The van der Waals surface area contributed by atoms with Gasteiger partial charge >= 0.3 is 0 Å². The maximum absolute atomic E-state index is 5.89. The predicted molar refractivity (Wildman–Crippen MR) is 48.1 cm³/mol. The number of nitrogens with two attached hydrogens (primary N) is 1. The van der Waals surface area contributed by atoms with E-state index in [0.717, 1.165) is 6.54 Å². The van der Waals surface area contributed by atoms with Gasteiger partial charge in [0.25, 0.3) is 0 Å². The van der Waals surface area contributed by atoms with Crippen molar-refractivity contribution in [3.8, 4) is 0 Å². The topological polar surface area (TPSA) is 29.3 Å². The number of hydrogen-bond acceptors (Lipinski definition) is 2. The lowest BCUT2D eigenvalue weighted by Crippen LogP contribution is -2.42. The van der Waals surface area contributed by atoms with Crippen LogP contribution in [0.25, 0.3) is 0 Å². The van der Waals surface area contributed by atoms with E-state index in [1.807, 2.05) is 5.01 Å². The van der Waals surface area contributed by atoms with Gasteiger partial charge in [-0.25, -0.2) is 5.01 Å². The Bertz CT molecular complexity index is 97.7. The molecule has 0 heterocycles. The summed E-state index contributed by atoms with van der Waals surface area (Å²) in [6, 6.07) is 0.684. The summed E-state index contributed by atoms with van der Waals surface area (Å²) in [5.74, 6) is 5.89. The lowest BCUT2D eigenvalue weighted by atomic mass is 9.95. The van der Waals surface area contributed by atoms with Gasteiger partial charge in [-0.2, -0.15) is 0 Å². The highest BCUT2D eigenvalue weighted by Crippen LogP contribution is 2.20. The van der Waals surface area contributed by atoms with Crippen LogP contribution in [0.1, 0.15) is 45.4 Å². The van der Waals surface area contributed by atoms with Gasteiger partial charge in [0.15, 0.2) is 0 Å². The normalized spacial score (nSPS) is 21.0. The summed E-state index contributed by atoms with van der Waals surface area (Å²) in [5, 5.41) is 2.04. The second-order valence-electron chi connectivity index (χ2n) is 3.53. The zero-order valence-corrected chi connectivity index (χ0v) is 7.55. The van der Waals surface area contributed by atoms with Gasteiger partial charge in [-0.1, -0.05) is 26.2 Å². The number of hydrogen-bond donors (Lipinski definition) is 1. The molecule has 0 bridgehead atoms. The molecule has 0 saturated heterocycles. The summed E-state index contributed by atoms with van der Waals surface area (Å²) in [7, 11) is 0. The van der Waals surface area contributed by atoms with Crippen LogP contribution in [0.3, 0.4) is 0 Å².